The van der Waals surface area contributed by atoms with Gasteiger partial charge in [0.1, 0.15) is 5.82 Å². The molecule has 1 unspecified atom stereocenters. The lowest BCUT2D eigenvalue weighted by molar-refractivity contribution is 0.139. The van der Waals surface area contributed by atoms with Crippen molar-refractivity contribution in [1.82, 2.24) is 4.98 Å². The topological polar surface area (TPSA) is 64.9 Å². The van der Waals surface area contributed by atoms with Gasteiger partial charge in [-0.2, -0.15) is 0 Å². The summed E-state index contributed by atoms with van der Waals surface area (Å²) in [5.41, 5.74) is 15.2. The van der Waals surface area contributed by atoms with Crippen molar-refractivity contribution in [3.05, 3.63) is 23.4 Å². The van der Waals surface area contributed by atoms with Crippen LogP contribution in [0.3, 0.4) is 0 Å². The van der Waals surface area contributed by atoms with E-state index in [1.807, 2.05) is 6.07 Å². The van der Waals surface area contributed by atoms with E-state index in [9.17, 15) is 0 Å². The third-order valence-electron chi connectivity index (χ3n) is 5.08. The molecule has 2 rings (SSSR count). The molecule has 1 saturated carbocycles. The Kier molecular flexibility index (Phi) is 4.38. The molecule has 1 aliphatic rings. The lowest BCUT2D eigenvalue weighted by Crippen LogP contribution is -2.31. The molecular formula is C17H29N3. The SMILES string of the molecule is Cc1ccnc(N)c1C(N)C1CCC(C(C)(C)C)CC1. The first kappa shape index (κ1) is 15.3. The average Bonchev–Trinajstić information content (AvgIpc) is 2.37. The third-order valence-corrected chi connectivity index (χ3v) is 5.08. The van der Waals surface area contributed by atoms with Crippen LogP contribution in [0.4, 0.5) is 5.82 Å². The highest BCUT2D eigenvalue weighted by Crippen LogP contribution is 2.43. The summed E-state index contributed by atoms with van der Waals surface area (Å²) in [5.74, 6) is 1.97. The fraction of sp³-hybridized carbons (Fsp3) is 0.706. The largest absolute Gasteiger partial charge is 0.383 e. The highest BCUT2D eigenvalue weighted by atomic mass is 14.8. The lowest BCUT2D eigenvalue weighted by atomic mass is 9.68. The average molecular weight is 275 g/mol. The number of rotatable bonds is 2. The first-order valence-electron chi connectivity index (χ1n) is 7.77. The molecule has 3 nitrogen and oxygen atoms in total. The number of nitrogens with two attached hydrogens (primary N) is 2. The summed E-state index contributed by atoms with van der Waals surface area (Å²) in [6.07, 6.45) is 6.73. The Morgan fingerprint density at radius 2 is 1.80 bits per heavy atom. The second-order valence-electron chi connectivity index (χ2n) is 7.43. The summed E-state index contributed by atoms with van der Waals surface area (Å²) < 4.78 is 0. The Bertz CT molecular complexity index is 434. The zero-order valence-corrected chi connectivity index (χ0v) is 13.3. The monoisotopic (exact) mass is 275 g/mol. The minimum absolute atomic E-state index is 0.0321. The van der Waals surface area contributed by atoms with Crippen LogP contribution in [0, 0.1) is 24.2 Å². The van der Waals surface area contributed by atoms with Crippen molar-refractivity contribution >= 4 is 5.82 Å². The van der Waals surface area contributed by atoms with Crippen LogP contribution in [0.15, 0.2) is 12.3 Å². The van der Waals surface area contributed by atoms with Crippen molar-refractivity contribution in [1.29, 1.82) is 0 Å². The molecule has 0 aromatic carbocycles. The molecule has 0 bridgehead atoms. The maximum absolute atomic E-state index is 6.51. The Balaban J connectivity index is 2.07. The van der Waals surface area contributed by atoms with E-state index in [1.54, 1.807) is 6.20 Å². The van der Waals surface area contributed by atoms with Crippen LogP contribution in [-0.2, 0) is 0 Å². The van der Waals surface area contributed by atoms with Gasteiger partial charge in [0.2, 0.25) is 0 Å². The first-order valence-corrected chi connectivity index (χ1v) is 7.77. The number of hydrogen-bond acceptors (Lipinski definition) is 3. The van der Waals surface area contributed by atoms with Crippen molar-refractivity contribution in [3.63, 3.8) is 0 Å². The van der Waals surface area contributed by atoms with Crippen LogP contribution in [0.5, 0.6) is 0 Å². The molecule has 1 aromatic rings. The van der Waals surface area contributed by atoms with E-state index in [0.29, 0.717) is 17.2 Å². The van der Waals surface area contributed by atoms with Crippen LogP contribution in [0.1, 0.15) is 63.6 Å². The van der Waals surface area contributed by atoms with Gasteiger partial charge in [-0.3, -0.25) is 0 Å². The molecule has 20 heavy (non-hydrogen) atoms. The predicted octanol–water partition coefficient (Wildman–Crippen LogP) is 3.82. The summed E-state index contributed by atoms with van der Waals surface area (Å²) in [4.78, 5) is 4.21. The molecule has 4 N–H and O–H groups in total. The smallest absolute Gasteiger partial charge is 0.128 e. The molecule has 3 heteroatoms. The first-order chi connectivity index (χ1) is 9.30. The van der Waals surface area contributed by atoms with Crippen molar-refractivity contribution < 1.29 is 0 Å². The Hall–Kier alpha value is -1.09. The number of pyridine rings is 1. The third kappa shape index (κ3) is 3.14. The Morgan fingerprint density at radius 1 is 1.20 bits per heavy atom. The summed E-state index contributed by atoms with van der Waals surface area (Å²) in [6.45, 7) is 9.12. The number of nitrogen functional groups attached to an aromatic ring is 1. The molecule has 0 saturated heterocycles. The number of aryl methyl sites for hydroxylation is 1. The summed E-state index contributed by atoms with van der Waals surface area (Å²) in [6, 6.07) is 2.04. The second-order valence-corrected chi connectivity index (χ2v) is 7.43. The summed E-state index contributed by atoms with van der Waals surface area (Å²) >= 11 is 0. The van der Waals surface area contributed by atoms with Gasteiger partial charge in [-0.15, -0.1) is 0 Å². The van der Waals surface area contributed by atoms with Gasteiger partial charge in [0.25, 0.3) is 0 Å². The van der Waals surface area contributed by atoms with E-state index < -0.39 is 0 Å². The van der Waals surface area contributed by atoms with Gasteiger partial charge in [0, 0.05) is 17.8 Å². The van der Waals surface area contributed by atoms with E-state index in [-0.39, 0.29) is 6.04 Å². The Labute approximate surface area is 123 Å². The second kappa shape index (κ2) is 5.72. The van der Waals surface area contributed by atoms with Gasteiger partial charge >= 0.3 is 0 Å². The number of hydrogen-bond donors (Lipinski definition) is 2. The fourth-order valence-corrected chi connectivity index (χ4v) is 3.60. The van der Waals surface area contributed by atoms with Gasteiger partial charge in [0.05, 0.1) is 0 Å². The van der Waals surface area contributed by atoms with Crippen molar-refractivity contribution in [2.24, 2.45) is 23.0 Å². The van der Waals surface area contributed by atoms with Gasteiger partial charge in [-0.05, 0) is 61.5 Å². The zero-order chi connectivity index (χ0) is 14.9. The van der Waals surface area contributed by atoms with E-state index in [0.717, 1.165) is 11.5 Å². The highest BCUT2D eigenvalue weighted by molar-refractivity contribution is 5.46. The number of nitrogens with zero attached hydrogens (tertiary/aromatic N) is 1. The normalized spacial score (nSPS) is 25.4. The highest BCUT2D eigenvalue weighted by Gasteiger charge is 2.33. The van der Waals surface area contributed by atoms with Crippen molar-refractivity contribution in [3.8, 4) is 0 Å². The minimum atomic E-state index is 0.0321. The van der Waals surface area contributed by atoms with Gasteiger partial charge < -0.3 is 11.5 Å². The molecule has 1 atom stereocenters. The van der Waals surface area contributed by atoms with Crippen molar-refractivity contribution in [2.75, 3.05) is 5.73 Å². The van der Waals surface area contributed by atoms with E-state index in [4.69, 9.17) is 11.5 Å². The minimum Gasteiger partial charge on any atom is -0.383 e. The van der Waals surface area contributed by atoms with Crippen LogP contribution in [-0.4, -0.2) is 4.98 Å². The maximum atomic E-state index is 6.51. The van der Waals surface area contributed by atoms with Gasteiger partial charge in [-0.25, -0.2) is 4.98 Å². The molecule has 0 radical (unpaired) electrons. The molecule has 112 valence electrons. The molecule has 1 fully saturated rings. The molecule has 1 aromatic heterocycles. The van der Waals surface area contributed by atoms with Gasteiger partial charge in [-0.1, -0.05) is 20.8 Å². The van der Waals surface area contributed by atoms with Crippen LogP contribution >= 0.6 is 0 Å². The summed E-state index contributed by atoms with van der Waals surface area (Å²) in [7, 11) is 0. The number of anilines is 1. The van der Waals surface area contributed by atoms with E-state index >= 15 is 0 Å². The van der Waals surface area contributed by atoms with Crippen molar-refractivity contribution in [2.45, 2.75) is 59.4 Å². The lowest BCUT2D eigenvalue weighted by Gasteiger charge is -2.39. The van der Waals surface area contributed by atoms with Gasteiger partial charge in [0.15, 0.2) is 0 Å². The molecule has 0 spiro atoms. The molecule has 0 aliphatic heterocycles. The standard InChI is InChI=1S/C17H29N3/c1-11-9-10-20-16(19)14(11)15(18)12-5-7-13(8-6-12)17(2,3)4/h9-10,12-13,15H,5-8,18H2,1-4H3,(H2,19,20). The summed E-state index contributed by atoms with van der Waals surface area (Å²) in [5, 5.41) is 0. The number of aromatic nitrogens is 1. The van der Waals surface area contributed by atoms with Crippen LogP contribution in [0.25, 0.3) is 0 Å². The quantitative estimate of drug-likeness (QED) is 0.862. The maximum Gasteiger partial charge on any atom is 0.128 e. The zero-order valence-electron chi connectivity index (χ0n) is 13.3. The van der Waals surface area contributed by atoms with Crippen LogP contribution < -0.4 is 11.5 Å². The van der Waals surface area contributed by atoms with Crippen LogP contribution in [0.2, 0.25) is 0 Å². The molecule has 0 amide bonds. The molecular weight excluding hydrogens is 246 g/mol. The molecule has 1 heterocycles. The molecule has 1 aliphatic carbocycles. The van der Waals surface area contributed by atoms with E-state index in [2.05, 4.69) is 32.7 Å². The Morgan fingerprint density at radius 3 is 2.30 bits per heavy atom. The predicted molar refractivity (Wildman–Crippen MR) is 85.2 cm³/mol. The fourth-order valence-electron chi connectivity index (χ4n) is 3.60. The van der Waals surface area contributed by atoms with E-state index in [1.165, 1.54) is 31.2 Å².